The summed E-state index contributed by atoms with van der Waals surface area (Å²) in [6.07, 6.45) is -1.30. The van der Waals surface area contributed by atoms with E-state index in [4.69, 9.17) is 10.00 Å². The van der Waals surface area contributed by atoms with Gasteiger partial charge in [-0.15, -0.1) is 0 Å². The first kappa shape index (κ1) is 13.0. The van der Waals surface area contributed by atoms with Crippen molar-refractivity contribution in [3.05, 3.63) is 29.8 Å². The van der Waals surface area contributed by atoms with Crippen LogP contribution >= 0.6 is 0 Å². The average Bonchev–Trinajstić information content (AvgIpc) is 2.36. The summed E-state index contributed by atoms with van der Waals surface area (Å²) in [5.41, 5.74) is 0.517. The predicted molar refractivity (Wildman–Crippen MR) is 59.3 cm³/mol. The summed E-state index contributed by atoms with van der Waals surface area (Å²) in [5, 5.41) is 17.9. The van der Waals surface area contributed by atoms with Gasteiger partial charge in [-0.2, -0.15) is 5.26 Å². The molecule has 0 aliphatic carbocycles. The summed E-state index contributed by atoms with van der Waals surface area (Å²) in [6, 6.07) is 8.34. The minimum atomic E-state index is -1.30. The molecule has 0 heterocycles. The standard InChI is InChI=1S/C12H13NO4/c1-2-16-12(15)11(14)8-17-10-5-3-9(7-13)4-6-10/h3-6,11,14H,2,8H2,1H3/t11-/m0/s1. The SMILES string of the molecule is CCOC(=O)[C@@H](O)COc1ccc(C#N)cc1. The Bertz CT molecular complexity index is 408. The molecule has 17 heavy (non-hydrogen) atoms. The van der Waals surface area contributed by atoms with Crippen LogP contribution in [0.1, 0.15) is 12.5 Å². The zero-order valence-electron chi connectivity index (χ0n) is 9.42. The summed E-state index contributed by atoms with van der Waals surface area (Å²) in [7, 11) is 0. The molecule has 0 aliphatic rings. The van der Waals surface area contributed by atoms with Crippen LogP contribution in [0.25, 0.3) is 0 Å². The molecule has 0 aliphatic heterocycles. The number of aliphatic hydroxyl groups is 1. The maximum absolute atomic E-state index is 11.1. The van der Waals surface area contributed by atoms with Crippen LogP contribution in [0.15, 0.2) is 24.3 Å². The molecule has 0 amide bonds. The van der Waals surface area contributed by atoms with Gasteiger partial charge < -0.3 is 14.6 Å². The molecule has 0 saturated carbocycles. The van der Waals surface area contributed by atoms with Gasteiger partial charge >= 0.3 is 5.97 Å². The third-order valence-corrected chi connectivity index (χ3v) is 1.95. The number of nitrogens with zero attached hydrogens (tertiary/aromatic N) is 1. The molecule has 5 nitrogen and oxygen atoms in total. The van der Waals surface area contributed by atoms with Crippen molar-refractivity contribution in [1.29, 1.82) is 5.26 Å². The Balaban J connectivity index is 2.44. The van der Waals surface area contributed by atoms with E-state index in [-0.39, 0.29) is 13.2 Å². The summed E-state index contributed by atoms with van der Waals surface area (Å²) in [4.78, 5) is 11.1. The lowest BCUT2D eigenvalue weighted by Crippen LogP contribution is -2.29. The topological polar surface area (TPSA) is 79.6 Å². The highest BCUT2D eigenvalue weighted by molar-refractivity contribution is 5.74. The summed E-state index contributed by atoms with van der Waals surface area (Å²) in [5.74, 6) is -0.228. The van der Waals surface area contributed by atoms with Gasteiger partial charge in [-0.25, -0.2) is 4.79 Å². The van der Waals surface area contributed by atoms with Crippen LogP contribution in [0.4, 0.5) is 0 Å². The third kappa shape index (κ3) is 4.13. The zero-order chi connectivity index (χ0) is 12.7. The van der Waals surface area contributed by atoms with Crippen molar-refractivity contribution in [2.24, 2.45) is 0 Å². The van der Waals surface area contributed by atoms with E-state index in [2.05, 4.69) is 4.74 Å². The maximum Gasteiger partial charge on any atom is 0.338 e. The number of esters is 1. The van der Waals surface area contributed by atoms with Crippen LogP contribution in [0.2, 0.25) is 0 Å². The molecular formula is C12H13NO4. The molecule has 1 atom stereocenters. The van der Waals surface area contributed by atoms with Crippen molar-refractivity contribution in [3.63, 3.8) is 0 Å². The fraction of sp³-hybridized carbons (Fsp3) is 0.333. The fourth-order valence-electron chi connectivity index (χ4n) is 1.11. The molecule has 1 aromatic carbocycles. The van der Waals surface area contributed by atoms with E-state index in [1.165, 1.54) is 0 Å². The van der Waals surface area contributed by atoms with Gasteiger partial charge in [-0.1, -0.05) is 0 Å². The number of rotatable bonds is 5. The van der Waals surface area contributed by atoms with E-state index in [0.29, 0.717) is 11.3 Å². The molecule has 0 fully saturated rings. The number of carbonyl (C=O) groups excluding carboxylic acids is 1. The van der Waals surface area contributed by atoms with Crippen LogP contribution in [-0.4, -0.2) is 30.4 Å². The number of hydrogen-bond donors (Lipinski definition) is 1. The van der Waals surface area contributed by atoms with E-state index in [9.17, 15) is 9.90 Å². The Morgan fingerprint density at radius 2 is 2.12 bits per heavy atom. The molecule has 0 saturated heterocycles. The zero-order valence-corrected chi connectivity index (χ0v) is 9.42. The van der Waals surface area contributed by atoms with Gasteiger partial charge in [0.2, 0.25) is 0 Å². The molecule has 1 rings (SSSR count). The minimum Gasteiger partial charge on any atom is -0.490 e. The summed E-state index contributed by atoms with van der Waals surface area (Å²) in [6.45, 7) is 1.70. The first-order valence-electron chi connectivity index (χ1n) is 5.15. The molecular weight excluding hydrogens is 222 g/mol. The van der Waals surface area contributed by atoms with Crippen molar-refractivity contribution in [1.82, 2.24) is 0 Å². The Morgan fingerprint density at radius 3 is 2.65 bits per heavy atom. The van der Waals surface area contributed by atoms with Crippen LogP contribution in [0, 0.1) is 11.3 Å². The van der Waals surface area contributed by atoms with E-state index < -0.39 is 12.1 Å². The van der Waals surface area contributed by atoms with Crippen LogP contribution in [-0.2, 0) is 9.53 Å². The van der Waals surface area contributed by atoms with Gasteiger partial charge in [-0.3, -0.25) is 0 Å². The monoisotopic (exact) mass is 235 g/mol. The number of nitriles is 1. The number of aliphatic hydroxyl groups excluding tert-OH is 1. The summed E-state index contributed by atoms with van der Waals surface area (Å²) >= 11 is 0. The van der Waals surface area contributed by atoms with Crippen molar-refractivity contribution < 1.29 is 19.4 Å². The third-order valence-electron chi connectivity index (χ3n) is 1.95. The van der Waals surface area contributed by atoms with Gasteiger partial charge in [0.25, 0.3) is 0 Å². The Morgan fingerprint density at radius 1 is 1.47 bits per heavy atom. The fourth-order valence-corrected chi connectivity index (χ4v) is 1.11. The molecule has 90 valence electrons. The first-order chi connectivity index (χ1) is 8.17. The second kappa shape index (κ2) is 6.51. The highest BCUT2D eigenvalue weighted by Crippen LogP contribution is 2.11. The number of carbonyl (C=O) groups is 1. The second-order valence-corrected chi connectivity index (χ2v) is 3.22. The van der Waals surface area contributed by atoms with Crippen molar-refractivity contribution in [2.45, 2.75) is 13.0 Å². The normalized spacial score (nSPS) is 11.4. The van der Waals surface area contributed by atoms with Crippen LogP contribution in [0.5, 0.6) is 5.75 Å². The van der Waals surface area contributed by atoms with Crippen LogP contribution < -0.4 is 4.74 Å². The number of benzene rings is 1. The molecule has 0 aromatic heterocycles. The van der Waals surface area contributed by atoms with Crippen molar-refractivity contribution >= 4 is 5.97 Å². The van der Waals surface area contributed by atoms with Gasteiger partial charge in [-0.05, 0) is 31.2 Å². The molecule has 1 N–H and O–H groups in total. The molecule has 0 spiro atoms. The highest BCUT2D eigenvalue weighted by Gasteiger charge is 2.16. The Labute approximate surface area is 99.2 Å². The van der Waals surface area contributed by atoms with Gasteiger partial charge in [0.05, 0.1) is 18.2 Å². The molecule has 5 heteroatoms. The smallest absolute Gasteiger partial charge is 0.338 e. The number of ether oxygens (including phenoxy) is 2. The highest BCUT2D eigenvalue weighted by atomic mass is 16.6. The van der Waals surface area contributed by atoms with E-state index in [0.717, 1.165) is 0 Å². The first-order valence-corrected chi connectivity index (χ1v) is 5.15. The quantitative estimate of drug-likeness (QED) is 0.766. The lowest BCUT2D eigenvalue weighted by atomic mass is 10.2. The summed E-state index contributed by atoms with van der Waals surface area (Å²) < 4.78 is 9.79. The van der Waals surface area contributed by atoms with E-state index >= 15 is 0 Å². The lowest BCUT2D eigenvalue weighted by molar-refractivity contribution is -0.154. The Kier molecular flexibility index (Phi) is 4.98. The van der Waals surface area contributed by atoms with Gasteiger partial charge in [0, 0.05) is 0 Å². The van der Waals surface area contributed by atoms with Gasteiger partial charge in [0.1, 0.15) is 12.4 Å². The molecule has 0 bridgehead atoms. The average molecular weight is 235 g/mol. The Hall–Kier alpha value is -2.06. The largest absolute Gasteiger partial charge is 0.490 e. The van der Waals surface area contributed by atoms with E-state index in [1.807, 2.05) is 6.07 Å². The molecule has 1 aromatic rings. The number of hydrogen-bond acceptors (Lipinski definition) is 5. The minimum absolute atomic E-state index is 0.176. The van der Waals surface area contributed by atoms with Gasteiger partial charge in [0.15, 0.2) is 6.10 Å². The maximum atomic E-state index is 11.1. The lowest BCUT2D eigenvalue weighted by Gasteiger charge is -2.11. The molecule has 0 radical (unpaired) electrons. The molecule has 0 unspecified atom stereocenters. The predicted octanol–water partition coefficient (Wildman–Crippen LogP) is 0.861. The van der Waals surface area contributed by atoms with E-state index in [1.54, 1.807) is 31.2 Å². The van der Waals surface area contributed by atoms with Crippen molar-refractivity contribution in [2.75, 3.05) is 13.2 Å². The second-order valence-electron chi connectivity index (χ2n) is 3.22. The van der Waals surface area contributed by atoms with Crippen LogP contribution in [0.3, 0.4) is 0 Å². The van der Waals surface area contributed by atoms with Crippen molar-refractivity contribution in [3.8, 4) is 11.8 Å².